The van der Waals surface area contributed by atoms with Gasteiger partial charge in [-0.3, -0.25) is 14.6 Å². The highest BCUT2D eigenvalue weighted by Gasteiger charge is 2.49. The molecule has 1 saturated carbocycles. The summed E-state index contributed by atoms with van der Waals surface area (Å²) in [6, 6.07) is 21.1. The van der Waals surface area contributed by atoms with Crippen LogP contribution in [0.4, 0.5) is 5.69 Å². The minimum atomic E-state index is -0.972. The largest absolute Gasteiger partial charge is 0.497 e. The molecule has 39 heavy (non-hydrogen) atoms. The molecule has 1 saturated heterocycles. The molecule has 0 bridgehead atoms. The number of carbonyl (C=O) groups is 2. The van der Waals surface area contributed by atoms with Crippen LogP contribution in [0.2, 0.25) is 0 Å². The van der Waals surface area contributed by atoms with Crippen LogP contribution in [0.15, 0.2) is 79.1 Å². The second-order valence-corrected chi connectivity index (χ2v) is 10.4. The molecule has 1 atom stereocenters. The normalized spacial score (nSPS) is 17.9. The van der Waals surface area contributed by atoms with Crippen LogP contribution >= 0.6 is 12.2 Å². The molecule has 1 aromatic heterocycles. The van der Waals surface area contributed by atoms with Gasteiger partial charge in [-0.15, -0.1) is 0 Å². The fourth-order valence-electron chi connectivity index (χ4n) is 5.50. The molecule has 2 aromatic carbocycles. The monoisotopic (exact) mass is 543 g/mol. The number of amides is 2. The first-order valence-corrected chi connectivity index (χ1v) is 13.6. The number of nitrogens with zero attached hydrogens (tertiary/aromatic N) is 3. The summed E-state index contributed by atoms with van der Waals surface area (Å²) >= 11 is 5.62. The van der Waals surface area contributed by atoms with Crippen LogP contribution in [0, 0.1) is 0 Å². The van der Waals surface area contributed by atoms with Gasteiger partial charge in [-0.1, -0.05) is 49.2 Å². The summed E-state index contributed by atoms with van der Waals surface area (Å²) in [5.41, 5.74) is 1.68. The Morgan fingerprint density at radius 3 is 2.51 bits per heavy atom. The van der Waals surface area contributed by atoms with Crippen molar-refractivity contribution in [3.05, 3.63) is 90.3 Å². The van der Waals surface area contributed by atoms with E-state index in [2.05, 4.69) is 27.8 Å². The summed E-state index contributed by atoms with van der Waals surface area (Å²) in [6.45, 7) is 0.964. The van der Waals surface area contributed by atoms with Gasteiger partial charge in [0, 0.05) is 31.2 Å². The molecule has 202 valence electrons. The van der Waals surface area contributed by atoms with Gasteiger partial charge < -0.3 is 25.2 Å². The molecule has 9 heteroatoms. The predicted octanol–water partition coefficient (Wildman–Crippen LogP) is 4.30. The first-order valence-electron chi connectivity index (χ1n) is 13.2. The number of ether oxygens (including phenoxy) is 1. The molecule has 2 amide bonds. The van der Waals surface area contributed by atoms with Gasteiger partial charge in [-0.05, 0) is 66.5 Å². The number of anilines is 1. The van der Waals surface area contributed by atoms with Crippen LogP contribution in [-0.2, 0) is 16.1 Å². The number of thiocarbonyl (C=S) groups is 1. The number of pyridine rings is 1. The van der Waals surface area contributed by atoms with Crippen LogP contribution in [0.5, 0.6) is 5.75 Å². The van der Waals surface area contributed by atoms with Gasteiger partial charge in [-0.25, -0.2) is 0 Å². The minimum absolute atomic E-state index is 0.0112. The van der Waals surface area contributed by atoms with Crippen molar-refractivity contribution in [3.8, 4) is 5.75 Å². The zero-order valence-corrected chi connectivity index (χ0v) is 22.8. The van der Waals surface area contributed by atoms with E-state index in [1.807, 2.05) is 47.4 Å². The van der Waals surface area contributed by atoms with Gasteiger partial charge >= 0.3 is 0 Å². The maximum Gasteiger partial charge on any atom is 0.250 e. The number of benzene rings is 2. The second kappa shape index (κ2) is 11.8. The Bertz CT molecular complexity index is 1300. The van der Waals surface area contributed by atoms with E-state index in [1.54, 1.807) is 36.5 Å². The number of rotatable bonds is 9. The van der Waals surface area contributed by atoms with E-state index >= 15 is 0 Å². The van der Waals surface area contributed by atoms with E-state index in [4.69, 9.17) is 17.0 Å². The Kier molecular flexibility index (Phi) is 8.07. The van der Waals surface area contributed by atoms with Gasteiger partial charge in [0.25, 0.3) is 0 Å². The Labute approximate surface area is 234 Å². The number of hydrogen-bond acceptors (Lipinski definition) is 5. The lowest BCUT2D eigenvalue weighted by Gasteiger charge is -2.41. The third-order valence-corrected chi connectivity index (χ3v) is 7.97. The lowest BCUT2D eigenvalue weighted by atomic mass is 9.92. The van der Waals surface area contributed by atoms with Crippen molar-refractivity contribution in [2.24, 2.45) is 0 Å². The van der Waals surface area contributed by atoms with Crippen molar-refractivity contribution >= 4 is 34.8 Å². The standard InChI is InChI=1S/C30H33N5O3S/c1-38-25-13-11-24(12-14-25)32-28(37)30(15-5-6-16-30)35(19-22-8-7-17-31-18-22)27(36)21-34-20-26(33-29(34)39)23-9-3-2-4-10-23/h2-4,7-14,17-18,26H,5-6,15-16,19-21H2,1H3,(H,32,37)(H,33,39)/t26-/m0/s1. The summed E-state index contributed by atoms with van der Waals surface area (Å²) in [6.07, 6.45) is 6.37. The fraction of sp³-hybridized carbons (Fsp3) is 0.333. The first kappa shape index (κ1) is 26.6. The highest BCUT2D eigenvalue weighted by Crippen LogP contribution is 2.38. The summed E-state index contributed by atoms with van der Waals surface area (Å²) in [5, 5.41) is 6.96. The highest BCUT2D eigenvalue weighted by atomic mass is 32.1. The maximum absolute atomic E-state index is 14.1. The predicted molar refractivity (Wildman–Crippen MR) is 154 cm³/mol. The van der Waals surface area contributed by atoms with Crippen LogP contribution in [-0.4, -0.2) is 57.4 Å². The van der Waals surface area contributed by atoms with E-state index < -0.39 is 5.54 Å². The van der Waals surface area contributed by atoms with E-state index in [-0.39, 0.29) is 24.4 Å². The van der Waals surface area contributed by atoms with Crippen molar-refractivity contribution in [1.29, 1.82) is 0 Å². The summed E-state index contributed by atoms with van der Waals surface area (Å²) in [4.78, 5) is 36.0. The Morgan fingerprint density at radius 2 is 1.85 bits per heavy atom. The number of methoxy groups -OCH3 is 1. The van der Waals surface area contributed by atoms with Crippen LogP contribution < -0.4 is 15.4 Å². The second-order valence-electron chi connectivity index (χ2n) is 10.1. The lowest BCUT2D eigenvalue weighted by molar-refractivity contribution is -0.146. The first-order chi connectivity index (χ1) is 19.0. The van der Waals surface area contributed by atoms with Gasteiger partial charge in [0.05, 0.1) is 19.7 Å². The van der Waals surface area contributed by atoms with Gasteiger partial charge in [-0.2, -0.15) is 0 Å². The van der Waals surface area contributed by atoms with Crippen molar-refractivity contribution in [2.45, 2.75) is 43.8 Å². The topological polar surface area (TPSA) is 86.8 Å². The SMILES string of the molecule is COc1ccc(NC(=O)C2(N(Cc3cccnc3)C(=O)CN3C[C@@H](c4ccccc4)NC3=S)CCCC2)cc1. The minimum Gasteiger partial charge on any atom is -0.497 e. The summed E-state index contributed by atoms with van der Waals surface area (Å²) in [5.74, 6) is 0.399. The highest BCUT2D eigenvalue weighted by molar-refractivity contribution is 7.80. The Hall–Kier alpha value is -3.98. The quantitative estimate of drug-likeness (QED) is 0.389. The molecule has 2 heterocycles. The molecule has 1 aliphatic carbocycles. The average Bonchev–Trinajstić information content (AvgIpc) is 3.61. The Morgan fingerprint density at radius 1 is 1.10 bits per heavy atom. The van der Waals surface area contributed by atoms with Crippen LogP contribution in [0.25, 0.3) is 0 Å². The van der Waals surface area contributed by atoms with Crippen molar-refractivity contribution in [1.82, 2.24) is 20.1 Å². The summed E-state index contributed by atoms with van der Waals surface area (Å²) in [7, 11) is 1.60. The fourth-order valence-corrected chi connectivity index (χ4v) is 5.78. The maximum atomic E-state index is 14.1. The molecule has 2 N–H and O–H groups in total. The molecule has 0 spiro atoms. The van der Waals surface area contributed by atoms with E-state index in [0.29, 0.717) is 42.5 Å². The molecule has 3 aromatic rings. The zero-order valence-electron chi connectivity index (χ0n) is 22.0. The smallest absolute Gasteiger partial charge is 0.250 e. The average molecular weight is 544 g/mol. The molecule has 1 aliphatic heterocycles. The number of hydrogen-bond donors (Lipinski definition) is 2. The molecule has 8 nitrogen and oxygen atoms in total. The number of aromatic nitrogens is 1. The van der Waals surface area contributed by atoms with Gasteiger partial charge in [0.1, 0.15) is 11.3 Å². The lowest BCUT2D eigenvalue weighted by Crippen LogP contribution is -2.59. The molecular weight excluding hydrogens is 510 g/mol. The molecule has 0 radical (unpaired) electrons. The zero-order chi connectivity index (χ0) is 27.2. The third-order valence-electron chi connectivity index (χ3n) is 7.60. The Balaban J connectivity index is 1.39. The third kappa shape index (κ3) is 5.88. The van der Waals surface area contributed by atoms with E-state index in [0.717, 1.165) is 24.0 Å². The van der Waals surface area contributed by atoms with E-state index in [1.165, 1.54) is 0 Å². The number of nitrogens with one attached hydrogen (secondary N) is 2. The van der Waals surface area contributed by atoms with Crippen molar-refractivity contribution < 1.29 is 14.3 Å². The molecule has 2 fully saturated rings. The van der Waals surface area contributed by atoms with Gasteiger partial charge in [0.2, 0.25) is 11.8 Å². The molecular formula is C30H33N5O3S. The summed E-state index contributed by atoms with van der Waals surface area (Å²) < 4.78 is 5.25. The van der Waals surface area contributed by atoms with Crippen molar-refractivity contribution in [3.63, 3.8) is 0 Å². The van der Waals surface area contributed by atoms with Crippen LogP contribution in [0.3, 0.4) is 0 Å². The van der Waals surface area contributed by atoms with Gasteiger partial charge in [0.15, 0.2) is 5.11 Å². The molecule has 5 rings (SSSR count). The molecule has 2 aliphatic rings. The molecule has 0 unspecified atom stereocenters. The van der Waals surface area contributed by atoms with E-state index in [9.17, 15) is 9.59 Å². The number of carbonyl (C=O) groups excluding carboxylic acids is 2. The van der Waals surface area contributed by atoms with Crippen molar-refractivity contribution in [2.75, 3.05) is 25.5 Å². The van der Waals surface area contributed by atoms with Crippen LogP contribution in [0.1, 0.15) is 42.9 Å².